The molecule has 0 aliphatic rings. The van der Waals surface area contributed by atoms with Crippen LogP contribution in [-0.2, 0) is 9.53 Å². The Morgan fingerprint density at radius 1 is 1.26 bits per heavy atom. The molecule has 3 nitrogen and oxygen atoms in total. The van der Waals surface area contributed by atoms with Gasteiger partial charge in [0.05, 0.1) is 13.2 Å². The molecule has 0 heterocycles. The standard InChI is InChI=1S/C16H28O3/c1-12(2)9-10-15(17)14(4)8-6-7-13(3)11-16(18)19-5/h8-9,13,15,17H,6-7,10-11H2,1-5H3/b14-8+/t13-,15?/m0/s1. The third-order valence-electron chi connectivity index (χ3n) is 3.14. The second-order valence-corrected chi connectivity index (χ2v) is 5.44. The first-order chi connectivity index (χ1) is 8.86. The predicted octanol–water partition coefficient (Wildman–Crippen LogP) is 3.63. The molecule has 0 saturated carbocycles. The minimum absolute atomic E-state index is 0.156. The number of carbonyl (C=O) groups is 1. The Morgan fingerprint density at radius 2 is 1.89 bits per heavy atom. The second kappa shape index (κ2) is 9.79. The molecule has 3 heteroatoms. The first-order valence-corrected chi connectivity index (χ1v) is 6.91. The fraction of sp³-hybridized carbons (Fsp3) is 0.688. The molecule has 110 valence electrons. The lowest BCUT2D eigenvalue weighted by Gasteiger charge is -2.11. The van der Waals surface area contributed by atoms with Crippen molar-refractivity contribution >= 4 is 5.97 Å². The molecule has 2 atom stereocenters. The minimum Gasteiger partial charge on any atom is -0.469 e. The van der Waals surface area contributed by atoms with Crippen LogP contribution in [0.2, 0.25) is 0 Å². The van der Waals surface area contributed by atoms with Crippen molar-refractivity contribution in [3.05, 3.63) is 23.3 Å². The SMILES string of the molecule is COC(=O)C[C@@H](C)CC/C=C(\C)C(O)CC=C(C)C. The molecule has 0 aliphatic heterocycles. The molecule has 0 radical (unpaired) electrons. The highest BCUT2D eigenvalue weighted by molar-refractivity contribution is 5.69. The zero-order chi connectivity index (χ0) is 14.8. The van der Waals surface area contributed by atoms with Gasteiger partial charge >= 0.3 is 5.97 Å². The Hall–Kier alpha value is -1.09. The van der Waals surface area contributed by atoms with Crippen LogP contribution in [0.3, 0.4) is 0 Å². The first kappa shape index (κ1) is 17.9. The van der Waals surface area contributed by atoms with Gasteiger partial charge in [-0.05, 0) is 51.5 Å². The Bertz CT molecular complexity index is 325. The van der Waals surface area contributed by atoms with Gasteiger partial charge in [-0.15, -0.1) is 0 Å². The highest BCUT2D eigenvalue weighted by Crippen LogP contribution is 2.14. The zero-order valence-electron chi connectivity index (χ0n) is 12.9. The van der Waals surface area contributed by atoms with Crippen molar-refractivity contribution in [2.45, 2.75) is 59.5 Å². The first-order valence-electron chi connectivity index (χ1n) is 6.91. The van der Waals surface area contributed by atoms with Crippen LogP contribution in [0.1, 0.15) is 53.4 Å². The maximum atomic E-state index is 11.1. The summed E-state index contributed by atoms with van der Waals surface area (Å²) < 4.78 is 4.64. The van der Waals surface area contributed by atoms with Crippen LogP contribution in [0.15, 0.2) is 23.3 Å². The largest absolute Gasteiger partial charge is 0.469 e. The third kappa shape index (κ3) is 9.48. The summed E-state index contributed by atoms with van der Waals surface area (Å²) in [5.41, 5.74) is 2.22. The zero-order valence-corrected chi connectivity index (χ0v) is 12.9. The number of esters is 1. The number of ether oxygens (including phenoxy) is 1. The molecule has 0 bridgehead atoms. The highest BCUT2D eigenvalue weighted by atomic mass is 16.5. The van der Waals surface area contributed by atoms with Crippen LogP contribution in [0.25, 0.3) is 0 Å². The van der Waals surface area contributed by atoms with Crippen LogP contribution < -0.4 is 0 Å². The number of hydrogen-bond donors (Lipinski definition) is 1. The van der Waals surface area contributed by atoms with Crippen molar-refractivity contribution in [1.82, 2.24) is 0 Å². The van der Waals surface area contributed by atoms with E-state index in [9.17, 15) is 9.90 Å². The lowest BCUT2D eigenvalue weighted by atomic mass is 9.99. The van der Waals surface area contributed by atoms with Gasteiger partial charge in [-0.25, -0.2) is 0 Å². The van der Waals surface area contributed by atoms with Crippen molar-refractivity contribution in [3.8, 4) is 0 Å². The van der Waals surface area contributed by atoms with Crippen molar-refractivity contribution < 1.29 is 14.6 Å². The Balaban J connectivity index is 4.04. The molecule has 0 fully saturated rings. The number of hydrogen-bond acceptors (Lipinski definition) is 3. The number of methoxy groups -OCH3 is 1. The van der Waals surface area contributed by atoms with Crippen LogP contribution in [0, 0.1) is 5.92 Å². The number of aliphatic hydroxyl groups excluding tert-OH is 1. The summed E-state index contributed by atoms with van der Waals surface area (Å²) >= 11 is 0. The van der Waals surface area contributed by atoms with Crippen LogP contribution in [0.5, 0.6) is 0 Å². The number of rotatable bonds is 8. The van der Waals surface area contributed by atoms with Gasteiger partial charge in [0.15, 0.2) is 0 Å². The van der Waals surface area contributed by atoms with E-state index >= 15 is 0 Å². The molecule has 0 aliphatic carbocycles. The van der Waals surface area contributed by atoms with Crippen LogP contribution in [-0.4, -0.2) is 24.3 Å². The van der Waals surface area contributed by atoms with E-state index in [0.717, 1.165) is 18.4 Å². The Kier molecular flexibility index (Phi) is 9.23. The normalized spacial score (nSPS) is 14.7. The van der Waals surface area contributed by atoms with Crippen molar-refractivity contribution in [1.29, 1.82) is 0 Å². The van der Waals surface area contributed by atoms with Gasteiger partial charge in [0.2, 0.25) is 0 Å². The van der Waals surface area contributed by atoms with E-state index in [1.807, 2.05) is 33.8 Å². The van der Waals surface area contributed by atoms with Gasteiger partial charge in [-0.3, -0.25) is 4.79 Å². The smallest absolute Gasteiger partial charge is 0.305 e. The van der Waals surface area contributed by atoms with Crippen LogP contribution in [0.4, 0.5) is 0 Å². The molecule has 0 aromatic rings. The van der Waals surface area contributed by atoms with Crippen molar-refractivity contribution in [2.75, 3.05) is 7.11 Å². The molecule has 0 aromatic carbocycles. The van der Waals surface area contributed by atoms with Gasteiger partial charge in [0, 0.05) is 6.42 Å². The lowest BCUT2D eigenvalue weighted by Crippen LogP contribution is -2.08. The van der Waals surface area contributed by atoms with E-state index in [1.54, 1.807) is 0 Å². The van der Waals surface area contributed by atoms with Gasteiger partial charge in [-0.1, -0.05) is 24.6 Å². The van der Waals surface area contributed by atoms with Gasteiger partial charge in [0.25, 0.3) is 0 Å². The van der Waals surface area contributed by atoms with Gasteiger partial charge in [-0.2, -0.15) is 0 Å². The summed E-state index contributed by atoms with van der Waals surface area (Å²) in [5, 5.41) is 9.93. The Labute approximate surface area is 117 Å². The molecule has 0 aromatic heterocycles. The molecular formula is C16H28O3. The molecule has 0 saturated heterocycles. The Morgan fingerprint density at radius 3 is 2.42 bits per heavy atom. The fourth-order valence-electron chi connectivity index (χ4n) is 1.73. The number of aliphatic hydroxyl groups is 1. The van der Waals surface area contributed by atoms with Gasteiger partial charge < -0.3 is 9.84 Å². The highest BCUT2D eigenvalue weighted by Gasteiger charge is 2.09. The average molecular weight is 268 g/mol. The average Bonchev–Trinajstić information content (AvgIpc) is 2.35. The van der Waals surface area contributed by atoms with E-state index < -0.39 is 6.10 Å². The maximum absolute atomic E-state index is 11.1. The topological polar surface area (TPSA) is 46.5 Å². The molecule has 0 spiro atoms. The molecule has 0 amide bonds. The van der Waals surface area contributed by atoms with E-state index in [-0.39, 0.29) is 5.97 Å². The molecular weight excluding hydrogens is 240 g/mol. The summed E-state index contributed by atoms with van der Waals surface area (Å²) in [6.45, 7) is 8.05. The second-order valence-electron chi connectivity index (χ2n) is 5.44. The molecule has 1 N–H and O–H groups in total. The molecule has 1 unspecified atom stereocenters. The molecule has 0 rings (SSSR count). The van der Waals surface area contributed by atoms with Crippen LogP contribution >= 0.6 is 0 Å². The summed E-state index contributed by atoms with van der Waals surface area (Å²) in [7, 11) is 1.42. The van der Waals surface area contributed by atoms with E-state index in [4.69, 9.17) is 0 Å². The minimum atomic E-state index is -0.397. The van der Waals surface area contributed by atoms with Crippen molar-refractivity contribution in [2.24, 2.45) is 5.92 Å². The van der Waals surface area contributed by atoms with E-state index in [0.29, 0.717) is 18.8 Å². The maximum Gasteiger partial charge on any atom is 0.305 e. The lowest BCUT2D eigenvalue weighted by molar-refractivity contribution is -0.141. The number of allylic oxidation sites excluding steroid dienone is 2. The quantitative estimate of drug-likeness (QED) is 0.540. The number of carbonyl (C=O) groups excluding carboxylic acids is 1. The molecule has 19 heavy (non-hydrogen) atoms. The monoisotopic (exact) mass is 268 g/mol. The summed E-state index contributed by atoms with van der Waals surface area (Å²) in [6, 6.07) is 0. The van der Waals surface area contributed by atoms with E-state index in [1.165, 1.54) is 12.7 Å². The summed E-state index contributed by atoms with van der Waals surface area (Å²) in [5.74, 6) is 0.156. The predicted molar refractivity (Wildman–Crippen MR) is 78.8 cm³/mol. The van der Waals surface area contributed by atoms with Crippen molar-refractivity contribution in [3.63, 3.8) is 0 Å². The fourth-order valence-corrected chi connectivity index (χ4v) is 1.73. The summed E-state index contributed by atoms with van der Waals surface area (Å²) in [4.78, 5) is 11.1. The third-order valence-corrected chi connectivity index (χ3v) is 3.14. The van der Waals surface area contributed by atoms with Gasteiger partial charge in [0.1, 0.15) is 0 Å². The summed E-state index contributed by atoms with van der Waals surface area (Å²) in [6.07, 6.45) is 6.66. The van der Waals surface area contributed by atoms with E-state index in [2.05, 4.69) is 10.8 Å².